The minimum atomic E-state index is -3.90. The van der Waals surface area contributed by atoms with Gasteiger partial charge in [0.1, 0.15) is 6.04 Å². The van der Waals surface area contributed by atoms with Crippen LogP contribution in [0.25, 0.3) is 0 Å². The number of unbranched alkanes of at least 4 members (excludes halogenated alkanes) is 1. The predicted octanol–water partition coefficient (Wildman–Crippen LogP) is 4.26. The van der Waals surface area contributed by atoms with E-state index in [1.807, 2.05) is 13.8 Å². The molecule has 1 atom stereocenters. The van der Waals surface area contributed by atoms with Gasteiger partial charge in [0.15, 0.2) is 0 Å². The Morgan fingerprint density at radius 1 is 1.06 bits per heavy atom. The molecule has 34 heavy (non-hydrogen) atoms. The van der Waals surface area contributed by atoms with Crippen molar-refractivity contribution in [3.8, 4) is 0 Å². The minimum Gasteiger partial charge on any atom is -0.354 e. The number of amides is 2. The van der Waals surface area contributed by atoms with E-state index >= 15 is 0 Å². The molecule has 0 aromatic heterocycles. The van der Waals surface area contributed by atoms with Crippen molar-refractivity contribution in [2.45, 2.75) is 51.1 Å². The Morgan fingerprint density at radius 3 is 2.21 bits per heavy atom. The van der Waals surface area contributed by atoms with E-state index in [1.165, 1.54) is 24.1 Å². The third-order valence-corrected chi connectivity index (χ3v) is 8.00. The van der Waals surface area contributed by atoms with Gasteiger partial charge in [-0.05, 0) is 44.5 Å². The number of likely N-dealkylation sites (N-methyl/N-ethyl adjacent to an activating group) is 1. The summed E-state index contributed by atoms with van der Waals surface area (Å²) in [7, 11) is -2.57. The Kier molecular flexibility index (Phi) is 10.4. The van der Waals surface area contributed by atoms with E-state index in [4.69, 9.17) is 23.2 Å². The highest BCUT2D eigenvalue weighted by atomic mass is 35.5. The van der Waals surface area contributed by atoms with Gasteiger partial charge in [-0.25, -0.2) is 8.42 Å². The monoisotopic (exact) mass is 527 g/mol. The van der Waals surface area contributed by atoms with Crippen LogP contribution in [0.3, 0.4) is 0 Å². The van der Waals surface area contributed by atoms with Gasteiger partial charge >= 0.3 is 0 Å². The van der Waals surface area contributed by atoms with Crippen molar-refractivity contribution in [1.29, 1.82) is 0 Å². The topological polar surface area (TPSA) is 86.8 Å². The van der Waals surface area contributed by atoms with Crippen LogP contribution in [-0.2, 0) is 26.2 Å². The van der Waals surface area contributed by atoms with E-state index in [0.29, 0.717) is 22.2 Å². The van der Waals surface area contributed by atoms with Crippen LogP contribution in [0.4, 0.5) is 0 Å². The van der Waals surface area contributed by atoms with Crippen molar-refractivity contribution in [2.75, 3.05) is 20.1 Å². The van der Waals surface area contributed by atoms with Gasteiger partial charge < -0.3 is 10.2 Å². The Bertz CT molecular complexity index is 1090. The zero-order chi connectivity index (χ0) is 25.5. The minimum absolute atomic E-state index is 0.0435. The van der Waals surface area contributed by atoms with Crippen molar-refractivity contribution in [3.05, 3.63) is 63.6 Å². The fourth-order valence-electron chi connectivity index (χ4n) is 3.23. The molecular weight excluding hydrogens is 497 g/mol. The molecule has 0 aliphatic rings. The summed E-state index contributed by atoms with van der Waals surface area (Å²) >= 11 is 12.6. The molecule has 0 spiro atoms. The third kappa shape index (κ3) is 7.18. The molecule has 0 heterocycles. The number of hydrogen-bond acceptors (Lipinski definition) is 4. The normalized spacial score (nSPS) is 12.4. The smallest absolute Gasteiger partial charge is 0.243 e. The summed E-state index contributed by atoms with van der Waals surface area (Å²) in [6.45, 7) is 5.45. The van der Waals surface area contributed by atoms with Gasteiger partial charge in [0.25, 0.3) is 0 Å². The molecule has 0 saturated carbocycles. The molecule has 0 aliphatic heterocycles. The molecule has 1 N–H and O–H groups in total. The van der Waals surface area contributed by atoms with Gasteiger partial charge in [0, 0.05) is 35.7 Å². The van der Waals surface area contributed by atoms with Gasteiger partial charge in [-0.2, -0.15) is 4.31 Å². The van der Waals surface area contributed by atoms with Crippen LogP contribution in [0.2, 0.25) is 10.0 Å². The van der Waals surface area contributed by atoms with Crippen LogP contribution < -0.4 is 5.32 Å². The van der Waals surface area contributed by atoms with Crippen LogP contribution in [-0.4, -0.2) is 55.6 Å². The average Bonchev–Trinajstić information content (AvgIpc) is 2.78. The summed E-state index contributed by atoms with van der Waals surface area (Å²) in [5.74, 6) is -0.888. The highest BCUT2D eigenvalue weighted by Gasteiger charge is 2.31. The Morgan fingerprint density at radius 2 is 1.65 bits per heavy atom. The summed E-state index contributed by atoms with van der Waals surface area (Å²) in [4.78, 5) is 27.5. The van der Waals surface area contributed by atoms with E-state index in [0.717, 1.165) is 22.7 Å². The van der Waals surface area contributed by atoms with Gasteiger partial charge in [-0.1, -0.05) is 60.3 Å². The average molecular weight is 529 g/mol. The van der Waals surface area contributed by atoms with E-state index in [9.17, 15) is 18.0 Å². The van der Waals surface area contributed by atoms with Crippen molar-refractivity contribution < 1.29 is 18.0 Å². The molecule has 2 aromatic rings. The summed E-state index contributed by atoms with van der Waals surface area (Å²) in [5, 5.41) is 3.52. The van der Waals surface area contributed by atoms with Crippen LogP contribution in [0.15, 0.2) is 47.4 Å². The lowest BCUT2D eigenvalue weighted by Gasteiger charge is -2.31. The summed E-state index contributed by atoms with van der Waals surface area (Å²) in [6.07, 6.45) is 1.72. The number of carbonyl (C=O) groups is 2. The Hall–Kier alpha value is -2.13. The predicted molar refractivity (Wildman–Crippen MR) is 135 cm³/mol. The molecular formula is C24H31Cl2N3O4S. The Labute approximate surface area is 212 Å². The largest absolute Gasteiger partial charge is 0.354 e. The van der Waals surface area contributed by atoms with Crippen LogP contribution in [0.1, 0.15) is 37.8 Å². The number of aryl methyl sites for hydroxylation is 1. The zero-order valence-electron chi connectivity index (χ0n) is 19.8. The van der Waals surface area contributed by atoms with Crippen LogP contribution >= 0.6 is 23.2 Å². The molecule has 0 unspecified atom stereocenters. The molecule has 10 heteroatoms. The lowest BCUT2D eigenvalue weighted by atomic mass is 10.1. The van der Waals surface area contributed by atoms with E-state index in [1.54, 1.807) is 37.3 Å². The van der Waals surface area contributed by atoms with Gasteiger partial charge in [0.2, 0.25) is 21.8 Å². The van der Waals surface area contributed by atoms with Gasteiger partial charge in [-0.15, -0.1) is 0 Å². The van der Waals surface area contributed by atoms with Crippen molar-refractivity contribution in [1.82, 2.24) is 14.5 Å². The molecule has 0 radical (unpaired) electrons. The number of rotatable bonds is 11. The fraction of sp³-hybridized carbons (Fsp3) is 0.417. The molecule has 2 rings (SSSR count). The second kappa shape index (κ2) is 12.5. The number of benzene rings is 2. The summed E-state index contributed by atoms with van der Waals surface area (Å²) < 4.78 is 26.9. The van der Waals surface area contributed by atoms with E-state index in [2.05, 4.69) is 5.32 Å². The molecule has 2 amide bonds. The van der Waals surface area contributed by atoms with Crippen molar-refractivity contribution in [2.24, 2.45) is 0 Å². The molecule has 186 valence electrons. The molecule has 2 aromatic carbocycles. The summed E-state index contributed by atoms with van der Waals surface area (Å²) in [6, 6.07) is 10.5. The maximum absolute atomic E-state index is 13.3. The first-order valence-corrected chi connectivity index (χ1v) is 13.2. The first kappa shape index (κ1) is 28.1. The SMILES string of the molecule is CCCCNC(=O)[C@H](C)N(Cc1c(Cl)cccc1Cl)C(=O)CN(C)S(=O)(=O)c1ccc(C)cc1. The van der Waals surface area contributed by atoms with Crippen molar-refractivity contribution in [3.63, 3.8) is 0 Å². The number of sulfonamides is 1. The standard InChI is InChI=1S/C24H31Cl2N3O4S/c1-5-6-14-27-24(31)18(3)29(15-20-21(25)8-7-9-22(20)26)23(30)16-28(4)34(32,33)19-12-10-17(2)11-13-19/h7-13,18H,5-6,14-16H2,1-4H3,(H,27,31)/t18-/m0/s1. The maximum atomic E-state index is 13.3. The van der Waals surface area contributed by atoms with Crippen LogP contribution in [0, 0.1) is 6.92 Å². The second-order valence-corrected chi connectivity index (χ2v) is 11.0. The summed E-state index contributed by atoms with van der Waals surface area (Å²) in [5.41, 5.74) is 1.40. The van der Waals surface area contributed by atoms with Crippen LogP contribution in [0.5, 0.6) is 0 Å². The zero-order valence-corrected chi connectivity index (χ0v) is 22.2. The molecule has 0 aliphatic carbocycles. The third-order valence-electron chi connectivity index (χ3n) is 5.47. The first-order chi connectivity index (χ1) is 16.0. The van der Waals surface area contributed by atoms with Gasteiger partial charge in [0.05, 0.1) is 11.4 Å². The number of carbonyl (C=O) groups excluding carboxylic acids is 2. The fourth-order valence-corrected chi connectivity index (χ4v) is 4.87. The number of hydrogen-bond donors (Lipinski definition) is 1. The number of halogens is 2. The maximum Gasteiger partial charge on any atom is 0.243 e. The van der Waals surface area contributed by atoms with Crippen molar-refractivity contribution >= 4 is 45.0 Å². The molecule has 7 nitrogen and oxygen atoms in total. The highest BCUT2D eigenvalue weighted by molar-refractivity contribution is 7.89. The lowest BCUT2D eigenvalue weighted by Crippen LogP contribution is -2.50. The molecule has 0 saturated heterocycles. The van der Waals surface area contributed by atoms with E-state index in [-0.39, 0.29) is 17.3 Å². The first-order valence-electron chi connectivity index (χ1n) is 11.0. The molecule has 0 fully saturated rings. The highest BCUT2D eigenvalue weighted by Crippen LogP contribution is 2.27. The second-order valence-electron chi connectivity index (χ2n) is 8.12. The Balaban J connectivity index is 2.30. The number of nitrogens with one attached hydrogen (secondary N) is 1. The molecule has 0 bridgehead atoms. The van der Waals surface area contributed by atoms with Gasteiger partial charge in [-0.3, -0.25) is 9.59 Å². The van der Waals surface area contributed by atoms with E-state index < -0.39 is 28.5 Å². The quantitative estimate of drug-likeness (QED) is 0.442. The number of nitrogens with zero attached hydrogens (tertiary/aromatic N) is 2. The lowest BCUT2D eigenvalue weighted by molar-refractivity contribution is -0.140.